The summed E-state index contributed by atoms with van der Waals surface area (Å²) in [6, 6.07) is 10.1. The molecule has 0 aliphatic heterocycles. The summed E-state index contributed by atoms with van der Waals surface area (Å²) in [5, 5.41) is 22.2. The molecule has 4 heteroatoms. The number of hydrogen-bond acceptors (Lipinski definition) is 3. The zero-order chi connectivity index (χ0) is 13.1. The highest BCUT2D eigenvalue weighted by atomic mass is 19.1. The van der Waals surface area contributed by atoms with Gasteiger partial charge in [0.05, 0.1) is 6.04 Å². The molecule has 0 aromatic heterocycles. The molecule has 2 aromatic rings. The van der Waals surface area contributed by atoms with Crippen LogP contribution in [0.5, 0.6) is 11.5 Å². The Bertz CT molecular complexity index is 557. The molecule has 2 aromatic carbocycles. The Hall–Kier alpha value is -2.23. The molecule has 3 nitrogen and oxygen atoms in total. The predicted octanol–water partition coefficient (Wildman–Crippen LogP) is 3.41. The lowest BCUT2D eigenvalue weighted by Gasteiger charge is -2.17. The molecular formula is C14H14FNO2. The van der Waals surface area contributed by atoms with Crippen LogP contribution in [0.3, 0.4) is 0 Å². The van der Waals surface area contributed by atoms with Gasteiger partial charge in [-0.05, 0) is 43.3 Å². The van der Waals surface area contributed by atoms with Crippen LogP contribution in [0, 0.1) is 5.82 Å². The molecule has 0 fully saturated rings. The Labute approximate surface area is 105 Å². The first-order valence-electron chi connectivity index (χ1n) is 5.60. The summed E-state index contributed by atoms with van der Waals surface area (Å²) in [7, 11) is 0. The van der Waals surface area contributed by atoms with Crippen LogP contribution in [0.1, 0.15) is 18.5 Å². The molecule has 1 unspecified atom stereocenters. The smallest absolute Gasteiger partial charge is 0.125 e. The summed E-state index contributed by atoms with van der Waals surface area (Å²) in [4.78, 5) is 0. The van der Waals surface area contributed by atoms with Crippen LogP contribution in [-0.4, -0.2) is 10.2 Å². The highest BCUT2D eigenvalue weighted by Crippen LogP contribution is 2.30. The first-order chi connectivity index (χ1) is 8.56. The molecule has 0 amide bonds. The third-order valence-corrected chi connectivity index (χ3v) is 2.69. The van der Waals surface area contributed by atoms with Crippen molar-refractivity contribution in [2.45, 2.75) is 13.0 Å². The Morgan fingerprint density at radius 1 is 1.11 bits per heavy atom. The fraction of sp³-hybridized carbons (Fsp3) is 0.143. The van der Waals surface area contributed by atoms with Crippen molar-refractivity contribution in [1.29, 1.82) is 0 Å². The van der Waals surface area contributed by atoms with Crippen LogP contribution in [0.25, 0.3) is 0 Å². The van der Waals surface area contributed by atoms with Crippen molar-refractivity contribution in [3.63, 3.8) is 0 Å². The lowest BCUT2D eigenvalue weighted by atomic mass is 10.1. The molecule has 0 aliphatic rings. The van der Waals surface area contributed by atoms with Gasteiger partial charge in [-0.15, -0.1) is 0 Å². The molecule has 0 aliphatic carbocycles. The molecule has 0 saturated heterocycles. The Balaban J connectivity index is 2.21. The van der Waals surface area contributed by atoms with E-state index in [-0.39, 0.29) is 23.4 Å². The van der Waals surface area contributed by atoms with E-state index < -0.39 is 0 Å². The van der Waals surface area contributed by atoms with Gasteiger partial charge in [0.1, 0.15) is 17.3 Å². The number of phenols is 2. The van der Waals surface area contributed by atoms with Crippen LogP contribution >= 0.6 is 0 Å². The van der Waals surface area contributed by atoms with Crippen molar-refractivity contribution in [1.82, 2.24) is 0 Å². The highest BCUT2D eigenvalue weighted by molar-refractivity contribution is 5.48. The second kappa shape index (κ2) is 4.96. The minimum Gasteiger partial charge on any atom is -0.508 e. The zero-order valence-electron chi connectivity index (χ0n) is 9.89. The molecule has 18 heavy (non-hydrogen) atoms. The van der Waals surface area contributed by atoms with E-state index in [1.54, 1.807) is 12.1 Å². The van der Waals surface area contributed by atoms with Gasteiger partial charge in [-0.3, -0.25) is 0 Å². The molecular weight excluding hydrogens is 233 g/mol. The van der Waals surface area contributed by atoms with Gasteiger partial charge in [-0.25, -0.2) is 4.39 Å². The zero-order valence-corrected chi connectivity index (χ0v) is 9.89. The van der Waals surface area contributed by atoms with Crippen LogP contribution in [0.15, 0.2) is 42.5 Å². The van der Waals surface area contributed by atoms with E-state index in [4.69, 9.17) is 0 Å². The molecule has 0 radical (unpaired) electrons. The second-order valence-electron chi connectivity index (χ2n) is 4.12. The summed E-state index contributed by atoms with van der Waals surface area (Å²) in [6.07, 6.45) is 0. The molecule has 2 rings (SSSR count). The summed E-state index contributed by atoms with van der Waals surface area (Å²) < 4.78 is 13.0. The molecule has 0 saturated carbocycles. The molecule has 0 spiro atoms. The lowest BCUT2D eigenvalue weighted by Crippen LogP contribution is -2.06. The van der Waals surface area contributed by atoms with E-state index in [1.807, 2.05) is 6.92 Å². The van der Waals surface area contributed by atoms with Gasteiger partial charge in [0.2, 0.25) is 0 Å². The number of hydrogen-bond donors (Lipinski definition) is 3. The Kier molecular flexibility index (Phi) is 3.37. The van der Waals surface area contributed by atoms with Gasteiger partial charge in [-0.1, -0.05) is 6.07 Å². The molecule has 94 valence electrons. The number of benzene rings is 2. The summed E-state index contributed by atoms with van der Waals surface area (Å²) in [6.45, 7) is 1.82. The Morgan fingerprint density at radius 2 is 1.89 bits per heavy atom. The third-order valence-electron chi connectivity index (χ3n) is 2.69. The van der Waals surface area contributed by atoms with Crippen LogP contribution in [0.4, 0.5) is 10.1 Å². The van der Waals surface area contributed by atoms with Crippen LogP contribution in [-0.2, 0) is 0 Å². The monoisotopic (exact) mass is 247 g/mol. The number of anilines is 1. The summed E-state index contributed by atoms with van der Waals surface area (Å²) in [5.41, 5.74) is 1.17. The normalized spacial score (nSPS) is 12.1. The largest absolute Gasteiger partial charge is 0.508 e. The van der Waals surface area contributed by atoms with E-state index in [9.17, 15) is 14.6 Å². The molecule has 3 N–H and O–H groups in total. The van der Waals surface area contributed by atoms with E-state index in [0.717, 1.165) is 0 Å². The number of nitrogens with one attached hydrogen (secondary N) is 1. The van der Waals surface area contributed by atoms with Gasteiger partial charge < -0.3 is 15.5 Å². The number of rotatable bonds is 3. The Morgan fingerprint density at radius 3 is 2.61 bits per heavy atom. The van der Waals surface area contributed by atoms with E-state index >= 15 is 0 Å². The minimum absolute atomic E-state index is 0.0793. The number of aromatic hydroxyl groups is 2. The van der Waals surface area contributed by atoms with Crippen LogP contribution in [0.2, 0.25) is 0 Å². The van der Waals surface area contributed by atoms with Gasteiger partial charge >= 0.3 is 0 Å². The molecule has 1 atom stereocenters. The van der Waals surface area contributed by atoms with Gasteiger partial charge in [-0.2, -0.15) is 0 Å². The second-order valence-corrected chi connectivity index (χ2v) is 4.12. The fourth-order valence-corrected chi connectivity index (χ4v) is 1.79. The van der Waals surface area contributed by atoms with Crippen molar-refractivity contribution in [2.24, 2.45) is 0 Å². The van der Waals surface area contributed by atoms with Crippen molar-refractivity contribution in [3.8, 4) is 11.5 Å². The predicted molar refractivity (Wildman–Crippen MR) is 68.2 cm³/mol. The van der Waals surface area contributed by atoms with Gasteiger partial charge in [0.25, 0.3) is 0 Å². The maximum atomic E-state index is 13.0. The minimum atomic E-state index is -0.327. The van der Waals surface area contributed by atoms with E-state index in [1.165, 1.54) is 30.3 Å². The topological polar surface area (TPSA) is 52.5 Å². The third kappa shape index (κ3) is 2.71. The fourth-order valence-electron chi connectivity index (χ4n) is 1.79. The van der Waals surface area contributed by atoms with E-state index in [2.05, 4.69) is 5.32 Å². The van der Waals surface area contributed by atoms with Gasteiger partial charge in [0, 0.05) is 11.3 Å². The van der Waals surface area contributed by atoms with Crippen LogP contribution < -0.4 is 5.32 Å². The maximum absolute atomic E-state index is 13.0. The standard InChI is InChI=1S/C14H14FNO2/c1-9(13-8-12(17)5-6-14(13)18)16-11-4-2-3-10(15)7-11/h2-9,16-18H,1H3. The van der Waals surface area contributed by atoms with Crippen molar-refractivity contribution < 1.29 is 14.6 Å². The van der Waals surface area contributed by atoms with Crippen molar-refractivity contribution in [2.75, 3.05) is 5.32 Å². The molecule has 0 heterocycles. The number of halogens is 1. The van der Waals surface area contributed by atoms with Gasteiger partial charge in [0.15, 0.2) is 0 Å². The summed E-state index contributed by atoms with van der Waals surface area (Å²) in [5.74, 6) is -0.160. The SMILES string of the molecule is CC(Nc1cccc(F)c1)c1cc(O)ccc1O. The first kappa shape index (κ1) is 12.2. The quantitative estimate of drug-likeness (QED) is 0.728. The maximum Gasteiger partial charge on any atom is 0.125 e. The molecule has 0 bridgehead atoms. The lowest BCUT2D eigenvalue weighted by molar-refractivity contribution is 0.451. The average Bonchev–Trinajstić information content (AvgIpc) is 2.32. The van der Waals surface area contributed by atoms with E-state index in [0.29, 0.717) is 11.3 Å². The first-order valence-corrected chi connectivity index (χ1v) is 5.60. The van der Waals surface area contributed by atoms with Crippen molar-refractivity contribution >= 4 is 5.69 Å². The summed E-state index contributed by atoms with van der Waals surface area (Å²) >= 11 is 0. The van der Waals surface area contributed by atoms with Crippen molar-refractivity contribution in [3.05, 3.63) is 53.8 Å². The highest BCUT2D eigenvalue weighted by Gasteiger charge is 2.11. The average molecular weight is 247 g/mol. The number of phenolic OH excluding ortho intramolecular Hbond substituents is 2.